The third-order valence-electron chi connectivity index (χ3n) is 1.72. The maximum absolute atomic E-state index is 10.8. The zero-order valence-electron chi connectivity index (χ0n) is 7.61. The molecule has 0 aliphatic heterocycles. The molecule has 0 unspecified atom stereocenters. The van der Waals surface area contributed by atoms with Crippen molar-refractivity contribution in [3.63, 3.8) is 0 Å². The maximum Gasteiger partial charge on any atom is 0.337 e. The zero-order valence-corrected chi connectivity index (χ0v) is 7.61. The summed E-state index contributed by atoms with van der Waals surface area (Å²) in [6.07, 6.45) is 2.55. The molecule has 0 spiro atoms. The van der Waals surface area contributed by atoms with Gasteiger partial charge in [0.2, 0.25) is 0 Å². The molecule has 4 nitrogen and oxygen atoms in total. The Hall–Kier alpha value is -2.15. The molecule has 1 heterocycles. The topological polar surface area (TPSA) is 74.0 Å². The number of carboxylic acid groups (broad SMARTS) is 1. The second-order valence-corrected chi connectivity index (χ2v) is 2.81. The fourth-order valence-electron chi connectivity index (χ4n) is 1.17. The molecule has 0 aliphatic carbocycles. The summed E-state index contributed by atoms with van der Waals surface area (Å²) in [7, 11) is 0. The minimum Gasteiger partial charge on any atom is -0.478 e. The first-order chi connectivity index (χ1) is 6.57. The van der Waals surface area contributed by atoms with E-state index in [4.69, 9.17) is 10.4 Å². The molecular formula is C10H8N2O2. The van der Waals surface area contributed by atoms with Crippen LogP contribution in [-0.2, 0) is 0 Å². The van der Waals surface area contributed by atoms with E-state index in [9.17, 15) is 4.79 Å². The van der Waals surface area contributed by atoms with Crippen molar-refractivity contribution in [3.05, 3.63) is 35.7 Å². The van der Waals surface area contributed by atoms with E-state index >= 15 is 0 Å². The van der Waals surface area contributed by atoms with Crippen LogP contribution < -0.4 is 0 Å². The van der Waals surface area contributed by atoms with E-state index in [1.54, 1.807) is 6.92 Å². The molecule has 0 radical (unpaired) electrons. The van der Waals surface area contributed by atoms with Gasteiger partial charge in [0.05, 0.1) is 11.1 Å². The number of nitrogens with zero attached hydrogens (tertiary/aromatic N) is 2. The van der Waals surface area contributed by atoms with Gasteiger partial charge in [0.25, 0.3) is 0 Å². The van der Waals surface area contributed by atoms with Crippen molar-refractivity contribution in [3.8, 4) is 6.07 Å². The van der Waals surface area contributed by atoms with E-state index in [-0.39, 0.29) is 11.1 Å². The smallest absolute Gasteiger partial charge is 0.337 e. The van der Waals surface area contributed by atoms with E-state index in [0.29, 0.717) is 11.1 Å². The van der Waals surface area contributed by atoms with E-state index in [2.05, 4.69) is 11.6 Å². The van der Waals surface area contributed by atoms with Gasteiger partial charge in [0, 0.05) is 18.0 Å². The molecule has 0 atom stereocenters. The number of nitriles is 1. The summed E-state index contributed by atoms with van der Waals surface area (Å²) in [6, 6.07) is 1.89. The van der Waals surface area contributed by atoms with Crippen molar-refractivity contribution in [1.82, 2.24) is 4.98 Å². The van der Waals surface area contributed by atoms with Crippen LogP contribution in [0.15, 0.2) is 19.0 Å². The Kier molecular flexibility index (Phi) is 2.63. The van der Waals surface area contributed by atoms with Gasteiger partial charge in [-0.25, -0.2) is 4.79 Å². The first kappa shape index (κ1) is 9.93. The van der Waals surface area contributed by atoms with Crippen molar-refractivity contribution in [2.45, 2.75) is 6.92 Å². The highest BCUT2D eigenvalue weighted by molar-refractivity contribution is 5.94. The highest BCUT2D eigenvalue weighted by atomic mass is 16.4. The number of allylic oxidation sites excluding steroid dienone is 1. The molecule has 14 heavy (non-hydrogen) atoms. The average molecular weight is 188 g/mol. The van der Waals surface area contributed by atoms with E-state index in [0.717, 1.165) is 0 Å². The highest BCUT2D eigenvalue weighted by Crippen LogP contribution is 2.20. The number of hydrogen-bond donors (Lipinski definition) is 1. The van der Waals surface area contributed by atoms with Crippen LogP contribution in [0.1, 0.15) is 28.4 Å². The summed E-state index contributed by atoms with van der Waals surface area (Å²) in [5, 5.41) is 17.6. The van der Waals surface area contributed by atoms with Crippen LogP contribution in [0.25, 0.3) is 5.57 Å². The predicted molar refractivity (Wildman–Crippen MR) is 50.6 cm³/mol. The van der Waals surface area contributed by atoms with Crippen LogP contribution in [-0.4, -0.2) is 16.1 Å². The summed E-state index contributed by atoms with van der Waals surface area (Å²) >= 11 is 0. The molecule has 0 fully saturated rings. The second-order valence-electron chi connectivity index (χ2n) is 2.81. The van der Waals surface area contributed by atoms with Crippen molar-refractivity contribution >= 4 is 11.5 Å². The standard InChI is InChI=1S/C10H8N2O2/c1-6(2)9-7(3-11)4-12-5-8(9)10(13)14/h4-5H,1H2,2H3,(H,13,14). The van der Waals surface area contributed by atoms with Gasteiger partial charge in [-0.2, -0.15) is 5.26 Å². The summed E-state index contributed by atoms with van der Waals surface area (Å²) < 4.78 is 0. The molecule has 0 saturated heterocycles. The fourth-order valence-corrected chi connectivity index (χ4v) is 1.17. The normalized spacial score (nSPS) is 9.14. The lowest BCUT2D eigenvalue weighted by Crippen LogP contribution is -2.04. The van der Waals surface area contributed by atoms with Gasteiger partial charge in [0.1, 0.15) is 6.07 Å². The Labute approximate surface area is 81.1 Å². The van der Waals surface area contributed by atoms with Gasteiger partial charge in [-0.05, 0) is 12.5 Å². The van der Waals surface area contributed by atoms with Gasteiger partial charge in [-0.1, -0.05) is 6.58 Å². The molecule has 70 valence electrons. The van der Waals surface area contributed by atoms with E-state index in [1.165, 1.54) is 12.4 Å². The van der Waals surface area contributed by atoms with Crippen molar-refractivity contribution in [1.29, 1.82) is 5.26 Å². The molecule has 0 bridgehead atoms. The van der Waals surface area contributed by atoms with Crippen LogP contribution in [0.4, 0.5) is 0 Å². The Morgan fingerprint density at radius 3 is 2.71 bits per heavy atom. The minimum absolute atomic E-state index is 0.0107. The number of carbonyl (C=O) groups is 1. The van der Waals surface area contributed by atoms with Gasteiger partial charge in [-0.3, -0.25) is 4.98 Å². The molecule has 0 aliphatic rings. The molecule has 0 amide bonds. The molecule has 1 rings (SSSR count). The second kappa shape index (κ2) is 3.71. The van der Waals surface area contributed by atoms with E-state index < -0.39 is 5.97 Å². The fraction of sp³-hybridized carbons (Fsp3) is 0.100. The van der Waals surface area contributed by atoms with Gasteiger partial charge in [-0.15, -0.1) is 0 Å². The third-order valence-corrected chi connectivity index (χ3v) is 1.72. The number of aromatic nitrogens is 1. The first-order valence-corrected chi connectivity index (χ1v) is 3.85. The number of carboxylic acids is 1. The van der Waals surface area contributed by atoms with Crippen molar-refractivity contribution in [2.24, 2.45) is 0 Å². The maximum atomic E-state index is 10.8. The molecular weight excluding hydrogens is 180 g/mol. The Morgan fingerprint density at radius 1 is 1.64 bits per heavy atom. The van der Waals surface area contributed by atoms with Gasteiger partial charge >= 0.3 is 5.97 Å². The first-order valence-electron chi connectivity index (χ1n) is 3.85. The highest BCUT2D eigenvalue weighted by Gasteiger charge is 2.14. The lowest BCUT2D eigenvalue weighted by molar-refractivity contribution is 0.0696. The molecule has 0 saturated carbocycles. The lowest BCUT2D eigenvalue weighted by Gasteiger charge is -2.05. The Bertz CT molecular complexity index is 444. The van der Waals surface area contributed by atoms with Crippen LogP contribution in [0, 0.1) is 11.3 Å². The van der Waals surface area contributed by atoms with Crippen LogP contribution >= 0.6 is 0 Å². The largest absolute Gasteiger partial charge is 0.478 e. The number of pyridine rings is 1. The minimum atomic E-state index is -1.10. The molecule has 0 aromatic carbocycles. The molecule has 1 aromatic heterocycles. The average Bonchev–Trinajstić information content (AvgIpc) is 2.16. The third kappa shape index (κ3) is 1.62. The number of hydrogen-bond acceptors (Lipinski definition) is 3. The van der Waals surface area contributed by atoms with Crippen LogP contribution in [0.2, 0.25) is 0 Å². The van der Waals surface area contributed by atoms with Crippen LogP contribution in [0.3, 0.4) is 0 Å². The summed E-state index contributed by atoms with van der Waals surface area (Å²) in [5.41, 5.74) is 1.14. The number of aromatic carboxylic acids is 1. The zero-order chi connectivity index (χ0) is 10.7. The van der Waals surface area contributed by atoms with Crippen LogP contribution in [0.5, 0.6) is 0 Å². The molecule has 1 N–H and O–H groups in total. The van der Waals surface area contributed by atoms with E-state index in [1.807, 2.05) is 6.07 Å². The summed E-state index contributed by atoms with van der Waals surface area (Å²) in [4.78, 5) is 14.5. The van der Waals surface area contributed by atoms with Gasteiger partial charge < -0.3 is 5.11 Å². The van der Waals surface area contributed by atoms with Crippen molar-refractivity contribution in [2.75, 3.05) is 0 Å². The lowest BCUT2D eigenvalue weighted by atomic mass is 9.99. The SMILES string of the molecule is C=C(C)c1c(C#N)cncc1C(=O)O. The predicted octanol–water partition coefficient (Wildman–Crippen LogP) is 1.68. The quantitative estimate of drug-likeness (QED) is 0.766. The molecule has 1 aromatic rings. The molecule has 4 heteroatoms. The summed E-state index contributed by atoms with van der Waals surface area (Å²) in [6.45, 7) is 5.29. The summed E-state index contributed by atoms with van der Waals surface area (Å²) in [5.74, 6) is -1.10. The monoisotopic (exact) mass is 188 g/mol. The Balaban J connectivity index is 3.53. The van der Waals surface area contributed by atoms with Gasteiger partial charge in [0.15, 0.2) is 0 Å². The van der Waals surface area contributed by atoms with Crippen molar-refractivity contribution < 1.29 is 9.90 Å². The Morgan fingerprint density at radius 2 is 2.29 bits per heavy atom. The number of rotatable bonds is 2.